The third-order valence-electron chi connectivity index (χ3n) is 3.77. The van der Waals surface area contributed by atoms with Crippen LogP contribution in [-0.4, -0.2) is 44.2 Å². The fourth-order valence-electron chi connectivity index (χ4n) is 2.58. The van der Waals surface area contributed by atoms with Crippen molar-refractivity contribution in [2.75, 3.05) is 19.3 Å². The summed E-state index contributed by atoms with van der Waals surface area (Å²) in [5, 5.41) is 3.16. The number of rotatable bonds is 6. The topological polar surface area (TPSA) is 49.4 Å². The molecule has 0 aromatic carbocycles. The summed E-state index contributed by atoms with van der Waals surface area (Å²) < 4.78 is 26.0. The zero-order valence-corrected chi connectivity index (χ0v) is 13.0. The van der Waals surface area contributed by atoms with Crippen molar-refractivity contribution in [3.63, 3.8) is 0 Å². The Balaban J connectivity index is 2.50. The molecule has 1 rings (SSSR count). The molecule has 4 nitrogen and oxygen atoms in total. The van der Waals surface area contributed by atoms with Gasteiger partial charge in [0.05, 0.1) is 5.75 Å². The first kappa shape index (κ1) is 15.9. The molecule has 1 aliphatic rings. The molecular formula is C13H28N2O2S. The fourth-order valence-corrected chi connectivity index (χ4v) is 3.89. The van der Waals surface area contributed by atoms with Crippen LogP contribution in [0.3, 0.4) is 0 Å². The first-order valence-corrected chi connectivity index (χ1v) is 8.63. The van der Waals surface area contributed by atoms with Gasteiger partial charge in [0.2, 0.25) is 10.0 Å². The van der Waals surface area contributed by atoms with Crippen LogP contribution in [0.25, 0.3) is 0 Å². The average molecular weight is 276 g/mol. The minimum Gasteiger partial charge on any atom is -0.313 e. The number of nitrogens with one attached hydrogen (secondary N) is 1. The van der Waals surface area contributed by atoms with Crippen LogP contribution in [0.1, 0.15) is 46.5 Å². The minimum absolute atomic E-state index is 0.201. The van der Waals surface area contributed by atoms with E-state index in [1.807, 2.05) is 13.8 Å². The Morgan fingerprint density at radius 3 is 2.56 bits per heavy atom. The summed E-state index contributed by atoms with van der Waals surface area (Å²) in [6, 6.07) is 0.540. The van der Waals surface area contributed by atoms with Crippen molar-refractivity contribution in [1.29, 1.82) is 0 Å². The standard InChI is InChI=1S/C13H28N2O2S/c1-11(2)14-8-9-18(16,17)15(4)13-7-5-6-12(3)10-13/h11-14H,5-10H2,1-4H3. The molecule has 1 fully saturated rings. The van der Waals surface area contributed by atoms with Gasteiger partial charge >= 0.3 is 0 Å². The van der Waals surface area contributed by atoms with E-state index in [0.29, 0.717) is 18.5 Å². The summed E-state index contributed by atoms with van der Waals surface area (Å²) in [6.07, 6.45) is 4.40. The van der Waals surface area contributed by atoms with Gasteiger partial charge in [-0.3, -0.25) is 0 Å². The Labute approximate surface area is 112 Å². The number of nitrogens with zero attached hydrogens (tertiary/aromatic N) is 1. The lowest BCUT2D eigenvalue weighted by Crippen LogP contribution is -2.43. The van der Waals surface area contributed by atoms with E-state index in [1.54, 1.807) is 11.4 Å². The van der Waals surface area contributed by atoms with Gasteiger partial charge in [0.15, 0.2) is 0 Å². The lowest BCUT2D eigenvalue weighted by molar-refractivity contribution is 0.239. The van der Waals surface area contributed by atoms with Crippen molar-refractivity contribution in [3.05, 3.63) is 0 Å². The second kappa shape index (κ2) is 6.87. The van der Waals surface area contributed by atoms with Crippen LogP contribution < -0.4 is 5.32 Å². The third-order valence-corrected chi connectivity index (χ3v) is 5.67. The van der Waals surface area contributed by atoms with Crippen molar-refractivity contribution in [3.8, 4) is 0 Å². The van der Waals surface area contributed by atoms with Crippen LogP contribution in [0, 0.1) is 5.92 Å². The molecule has 0 aromatic heterocycles. The Hall–Kier alpha value is -0.130. The van der Waals surface area contributed by atoms with E-state index in [9.17, 15) is 8.42 Å². The molecule has 0 spiro atoms. The van der Waals surface area contributed by atoms with E-state index in [4.69, 9.17) is 0 Å². The monoisotopic (exact) mass is 276 g/mol. The van der Waals surface area contributed by atoms with Gasteiger partial charge in [0.1, 0.15) is 0 Å². The van der Waals surface area contributed by atoms with Gasteiger partial charge < -0.3 is 5.32 Å². The predicted octanol–water partition coefficient (Wildman–Crippen LogP) is 1.82. The summed E-state index contributed by atoms with van der Waals surface area (Å²) >= 11 is 0. The maximum absolute atomic E-state index is 12.2. The Morgan fingerprint density at radius 1 is 1.33 bits per heavy atom. The summed E-state index contributed by atoms with van der Waals surface area (Å²) in [4.78, 5) is 0. The molecule has 0 radical (unpaired) electrons. The summed E-state index contributed by atoms with van der Waals surface area (Å²) in [6.45, 7) is 6.80. The fraction of sp³-hybridized carbons (Fsp3) is 1.00. The lowest BCUT2D eigenvalue weighted by atomic mass is 9.87. The zero-order valence-electron chi connectivity index (χ0n) is 12.1. The van der Waals surface area contributed by atoms with Crippen molar-refractivity contribution >= 4 is 10.0 Å². The molecule has 0 bridgehead atoms. The first-order valence-electron chi connectivity index (χ1n) is 7.02. The average Bonchev–Trinajstić information content (AvgIpc) is 2.27. The smallest absolute Gasteiger partial charge is 0.215 e. The molecule has 2 unspecified atom stereocenters. The first-order chi connectivity index (χ1) is 8.33. The molecule has 5 heteroatoms. The van der Waals surface area contributed by atoms with E-state index in [0.717, 1.165) is 19.3 Å². The van der Waals surface area contributed by atoms with Crippen LogP contribution in [-0.2, 0) is 10.0 Å². The van der Waals surface area contributed by atoms with Gasteiger partial charge in [-0.2, -0.15) is 0 Å². The molecule has 0 aliphatic heterocycles. The summed E-state index contributed by atoms with van der Waals surface area (Å²) in [5.74, 6) is 0.849. The van der Waals surface area contributed by atoms with Gasteiger partial charge in [-0.1, -0.05) is 33.6 Å². The molecule has 1 aliphatic carbocycles. The molecule has 1 N–H and O–H groups in total. The van der Waals surface area contributed by atoms with E-state index in [1.165, 1.54) is 6.42 Å². The van der Waals surface area contributed by atoms with E-state index in [2.05, 4.69) is 12.2 Å². The quantitative estimate of drug-likeness (QED) is 0.805. The van der Waals surface area contributed by atoms with E-state index < -0.39 is 10.0 Å². The zero-order chi connectivity index (χ0) is 13.8. The Kier molecular flexibility index (Phi) is 6.08. The SMILES string of the molecule is CC1CCCC(N(C)S(=O)(=O)CCNC(C)C)C1. The maximum atomic E-state index is 12.2. The van der Waals surface area contributed by atoms with E-state index >= 15 is 0 Å². The van der Waals surface area contributed by atoms with Gasteiger partial charge in [-0.15, -0.1) is 0 Å². The van der Waals surface area contributed by atoms with Gasteiger partial charge in [0.25, 0.3) is 0 Å². The molecule has 18 heavy (non-hydrogen) atoms. The van der Waals surface area contributed by atoms with Crippen LogP contribution in [0.2, 0.25) is 0 Å². The Bertz CT molecular complexity index is 341. The highest BCUT2D eigenvalue weighted by molar-refractivity contribution is 7.89. The third kappa shape index (κ3) is 4.86. The minimum atomic E-state index is -3.11. The van der Waals surface area contributed by atoms with Crippen LogP contribution in [0.15, 0.2) is 0 Å². The molecular weight excluding hydrogens is 248 g/mol. The predicted molar refractivity (Wildman–Crippen MR) is 76.1 cm³/mol. The molecule has 1 saturated carbocycles. The highest BCUT2D eigenvalue weighted by Gasteiger charge is 2.29. The van der Waals surface area contributed by atoms with Crippen LogP contribution in [0.4, 0.5) is 0 Å². The van der Waals surface area contributed by atoms with Gasteiger partial charge in [-0.05, 0) is 18.8 Å². The molecule has 0 heterocycles. The van der Waals surface area contributed by atoms with Crippen molar-refractivity contribution in [2.24, 2.45) is 5.92 Å². The molecule has 0 aromatic rings. The van der Waals surface area contributed by atoms with Crippen molar-refractivity contribution < 1.29 is 8.42 Å². The van der Waals surface area contributed by atoms with Crippen molar-refractivity contribution in [2.45, 2.75) is 58.5 Å². The van der Waals surface area contributed by atoms with Crippen LogP contribution >= 0.6 is 0 Å². The summed E-state index contributed by atoms with van der Waals surface area (Å²) in [7, 11) is -1.36. The van der Waals surface area contributed by atoms with Gasteiger partial charge in [0, 0.05) is 25.7 Å². The lowest BCUT2D eigenvalue weighted by Gasteiger charge is -2.33. The van der Waals surface area contributed by atoms with Crippen LogP contribution in [0.5, 0.6) is 0 Å². The molecule has 108 valence electrons. The highest BCUT2D eigenvalue weighted by Crippen LogP contribution is 2.27. The second-order valence-corrected chi connectivity index (χ2v) is 8.01. The largest absolute Gasteiger partial charge is 0.313 e. The molecule has 2 atom stereocenters. The highest BCUT2D eigenvalue weighted by atomic mass is 32.2. The number of hydrogen-bond acceptors (Lipinski definition) is 3. The Morgan fingerprint density at radius 2 is 2.00 bits per heavy atom. The van der Waals surface area contributed by atoms with Crippen molar-refractivity contribution in [1.82, 2.24) is 9.62 Å². The second-order valence-electron chi connectivity index (χ2n) is 5.87. The maximum Gasteiger partial charge on any atom is 0.215 e. The van der Waals surface area contributed by atoms with Gasteiger partial charge in [-0.25, -0.2) is 12.7 Å². The number of hydrogen-bond donors (Lipinski definition) is 1. The molecule has 0 saturated heterocycles. The van der Waals surface area contributed by atoms with E-state index in [-0.39, 0.29) is 11.8 Å². The molecule has 0 amide bonds. The number of sulfonamides is 1. The summed E-state index contributed by atoms with van der Waals surface area (Å²) in [5.41, 5.74) is 0. The normalized spacial score (nSPS) is 25.9.